The lowest BCUT2D eigenvalue weighted by Gasteiger charge is -2.23. The van der Waals surface area contributed by atoms with Crippen LogP contribution >= 0.6 is 0 Å². The van der Waals surface area contributed by atoms with E-state index < -0.39 is 5.82 Å². The number of amides is 1. The van der Waals surface area contributed by atoms with E-state index in [0.717, 1.165) is 19.4 Å². The van der Waals surface area contributed by atoms with Gasteiger partial charge < -0.3 is 10.6 Å². The molecule has 21 heavy (non-hydrogen) atoms. The van der Waals surface area contributed by atoms with Gasteiger partial charge in [0.05, 0.1) is 11.6 Å². The molecule has 2 rings (SSSR count). The number of nitrogens with zero attached hydrogens (tertiary/aromatic N) is 1. The van der Waals surface area contributed by atoms with E-state index in [9.17, 15) is 9.18 Å². The van der Waals surface area contributed by atoms with Crippen LogP contribution in [-0.2, 0) is 4.79 Å². The number of nitrogens with one attached hydrogen (secondary N) is 2. The van der Waals surface area contributed by atoms with Crippen LogP contribution in [-0.4, -0.2) is 18.5 Å². The molecular weight excluding hydrogens is 269 g/mol. The Morgan fingerprint density at radius 1 is 1.52 bits per heavy atom. The SMILES string of the molecule is Cc1c(F)cc(C#N)cc1NC(=O)CCC1CCCCN1. The number of anilines is 1. The molecule has 1 unspecified atom stereocenters. The summed E-state index contributed by atoms with van der Waals surface area (Å²) in [7, 11) is 0. The summed E-state index contributed by atoms with van der Waals surface area (Å²) in [4.78, 5) is 12.0. The van der Waals surface area contributed by atoms with Crippen LogP contribution in [0, 0.1) is 24.1 Å². The molecule has 0 spiro atoms. The minimum Gasteiger partial charge on any atom is -0.326 e. The van der Waals surface area contributed by atoms with Gasteiger partial charge in [0.1, 0.15) is 5.82 Å². The second-order valence-electron chi connectivity index (χ2n) is 5.48. The van der Waals surface area contributed by atoms with E-state index in [1.54, 1.807) is 6.92 Å². The molecule has 1 aromatic rings. The van der Waals surface area contributed by atoms with Crippen molar-refractivity contribution in [1.29, 1.82) is 5.26 Å². The number of carbonyl (C=O) groups is 1. The Balaban J connectivity index is 1.93. The molecule has 1 aliphatic heterocycles. The summed E-state index contributed by atoms with van der Waals surface area (Å²) in [6.07, 6.45) is 4.68. The molecule has 2 N–H and O–H groups in total. The molecule has 112 valence electrons. The van der Waals surface area contributed by atoms with E-state index in [0.29, 0.717) is 23.7 Å². The van der Waals surface area contributed by atoms with Crippen molar-refractivity contribution in [3.63, 3.8) is 0 Å². The number of halogens is 1. The Morgan fingerprint density at radius 2 is 2.33 bits per heavy atom. The molecule has 0 bridgehead atoms. The van der Waals surface area contributed by atoms with Gasteiger partial charge in [0, 0.05) is 23.7 Å². The quantitative estimate of drug-likeness (QED) is 0.895. The van der Waals surface area contributed by atoms with Gasteiger partial charge in [0.2, 0.25) is 5.91 Å². The normalized spacial score (nSPS) is 18.0. The standard InChI is InChI=1S/C16H20FN3O/c1-11-14(17)8-12(10-18)9-15(11)20-16(21)6-5-13-4-2-3-7-19-13/h8-9,13,19H,2-7H2,1H3,(H,20,21). The fourth-order valence-corrected chi connectivity index (χ4v) is 2.56. The Labute approximate surface area is 124 Å². The van der Waals surface area contributed by atoms with Crippen molar-refractivity contribution < 1.29 is 9.18 Å². The van der Waals surface area contributed by atoms with E-state index in [-0.39, 0.29) is 11.5 Å². The van der Waals surface area contributed by atoms with E-state index in [4.69, 9.17) is 5.26 Å². The maximum Gasteiger partial charge on any atom is 0.224 e. The lowest BCUT2D eigenvalue weighted by Crippen LogP contribution is -2.34. The van der Waals surface area contributed by atoms with Crippen LogP contribution in [0.25, 0.3) is 0 Å². The third-order valence-corrected chi connectivity index (χ3v) is 3.88. The Hall–Kier alpha value is -1.93. The van der Waals surface area contributed by atoms with Crippen molar-refractivity contribution in [1.82, 2.24) is 5.32 Å². The molecule has 5 heteroatoms. The van der Waals surface area contributed by atoms with Gasteiger partial charge in [-0.15, -0.1) is 0 Å². The Kier molecular flexibility index (Phi) is 5.29. The van der Waals surface area contributed by atoms with Crippen molar-refractivity contribution >= 4 is 11.6 Å². The third-order valence-electron chi connectivity index (χ3n) is 3.88. The summed E-state index contributed by atoms with van der Waals surface area (Å²) in [5.74, 6) is -0.613. The van der Waals surface area contributed by atoms with Gasteiger partial charge >= 0.3 is 0 Å². The zero-order valence-corrected chi connectivity index (χ0v) is 12.2. The molecule has 1 aliphatic rings. The molecule has 0 aliphatic carbocycles. The minimum atomic E-state index is -0.474. The predicted octanol–water partition coefficient (Wildman–Crippen LogP) is 2.87. The molecule has 1 atom stereocenters. The first kappa shape index (κ1) is 15.5. The number of carbonyl (C=O) groups excluding carboxylic acids is 1. The third kappa shape index (κ3) is 4.27. The maximum absolute atomic E-state index is 13.6. The van der Waals surface area contributed by atoms with Gasteiger partial charge in [0.25, 0.3) is 0 Å². The zero-order valence-electron chi connectivity index (χ0n) is 12.2. The van der Waals surface area contributed by atoms with Gasteiger partial charge in [-0.3, -0.25) is 4.79 Å². The lowest BCUT2D eigenvalue weighted by molar-refractivity contribution is -0.116. The predicted molar refractivity (Wildman–Crippen MR) is 79.4 cm³/mol. The van der Waals surface area contributed by atoms with Crippen LogP contribution < -0.4 is 10.6 Å². The molecule has 0 radical (unpaired) electrons. The summed E-state index contributed by atoms with van der Waals surface area (Å²) in [5, 5.41) is 14.9. The van der Waals surface area contributed by atoms with Crippen molar-refractivity contribution in [2.45, 2.75) is 45.1 Å². The van der Waals surface area contributed by atoms with Gasteiger partial charge in [-0.25, -0.2) is 4.39 Å². The molecule has 0 saturated carbocycles. The van der Waals surface area contributed by atoms with Gasteiger partial charge in [0.15, 0.2) is 0 Å². The van der Waals surface area contributed by atoms with E-state index in [1.807, 2.05) is 6.07 Å². The second kappa shape index (κ2) is 7.19. The highest BCUT2D eigenvalue weighted by molar-refractivity contribution is 5.91. The molecule has 1 aromatic carbocycles. The van der Waals surface area contributed by atoms with Crippen LogP contribution in [0.3, 0.4) is 0 Å². The van der Waals surface area contributed by atoms with Crippen LogP contribution in [0.15, 0.2) is 12.1 Å². The molecule has 0 aromatic heterocycles. The highest BCUT2D eigenvalue weighted by atomic mass is 19.1. The Morgan fingerprint density at radius 3 is 3.00 bits per heavy atom. The van der Waals surface area contributed by atoms with Crippen molar-refractivity contribution in [2.75, 3.05) is 11.9 Å². The monoisotopic (exact) mass is 289 g/mol. The van der Waals surface area contributed by atoms with Crippen LogP contribution in [0.1, 0.15) is 43.2 Å². The highest BCUT2D eigenvalue weighted by Crippen LogP contribution is 2.21. The topological polar surface area (TPSA) is 64.9 Å². The summed E-state index contributed by atoms with van der Waals surface area (Å²) in [6.45, 7) is 2.61. The average Bonchev–Trinajstić information content (AvgIpc) is 2.50. The fraction of sp³-hybridized carbons (Fsp3) is 0.500. The first-order chi connectivity index (χ1) is 10.1. The zero-order chi connectivity index (χ0) is 15.2. The molecule has 1 saturated heterocycles. The minimum absolute atomic E-state index is 0.139. The summed E-state index contributed by atoms with van der Waals surface area (Å²) < 4.78 is 13.6. The largest absolute Gasteiger partial charge is 0.326 e. The fourth-order valence-electron chi connectivity index (χ4n) is 2.56. The number of benzene rings is 1. The summed E-state index contributed by atoms with van der Waals surface area (Å²) >= 11 is 0. The number of hydrogen-bond donors (Lipinski definition) is 2. The highest BCUT2D eigenvalue weighted by Gasteiger charge is 2.15. The van der Waals surface area contributed by atoms with E-state index in [2.05, 4.69) is 10.6 Å². The number of piperidine rings is 1. The molecule has 1 heterocycles. The molecule has 1 amide bonds. The Bertz CT molecular complexity index is 559. The van der Waals surface area contributed by atoms with Crippen molar-refractivity contribution in [3.8, 4) is 6.07 Å². The smallest absolute Gasteiger partial charge is 0.224 e. The molecular formula is C16H20FN3O. The van der Waals surface area contributed by atoms with Crippen LogP contribution in [0.5, 0.6) is 0 Å². The van der Waals surface area contributed by atoms with Gasteiger partial charge in [-0.1, -0.05) is 6.42 Å². The lowest BCUT2D eigenvalue weighted by atomic mass is 10.0. The molecule has 4 nitrogen and oxygen atoms in total. The number of nitriles is 1. The van der Waals surface area contributed by atoms with Crippen molar-refractivity contribution in [3.05, 3.63) is 29.1 Å². The van der Waals surface area contributed by atoms with Crippen LogP contribution in [0.2, 0.25) is 0 Å². The number of rotatable bonds is 4. The summed E-state index contributed by atoms with van der Waals surface area (Å²) in [6, 6.07) is 4.97. The second-order valence-corrected chi connectivity index (χ2v) is 5.48. The molecule has 1 fully saturated rings. The van der Waals surface area contributed by atoms with Gasteiger partial charge in [-0.2, -0.15) is 5.26 Å². The van der Waals surface area contributed by atoms with E-state index in [1.165, 1.54) is 25.0 Å². The maximum atomic E-state index is 13.6. The first-order valence-electron chi connectivity index (χ1n) is 7.33. The van der Waals surface area contributed by atoms with E-state index >= 15 is 0 Å². The van der Waals surface area contributed by atoms with Crippen molar-refractivity contribution in [2.24, 2.45) is 0 Å². The average molecular weight is 289 g/mol. The first-order valence-corrected chi connectivity index (χ1v) is 7.33. The number of hydrogen-bond acceptors (Lipinski definition) is 3. The summed E-state index contributed by atoms with van der Waals surface area (Å²) in [5.41, 5.74) is 0.952. The van der Waals surface area contributed by atoms with Gasteiger partial charge in [-0.05, 0) is 44.9 Å². The van der Waals surface area contributed by atoms with Crippen LogP contribution in [0.4, 0.5) is 10.1 Å².